The van der Waals surface area contributed by atoms with Gasteiger partial charge in [0.2, 0.25) is 0 Å². The lowest BCUT2D eigenvalue weighted by Crippen LogP contribution is -2.23. The number of benzene rings is 1. The first-order valence-electron chi connectivity index (χ1n) is 8.02. The van der Waals surface area contributed by atoms with Crippen LogP contribution in [0.5, 0.6) is 5.75 Å². The van der Waals surface area contributed by atoms with Crippen LogP contribution >= 0.6 is 0 Å². The van der Waals surface area contributed by atoms with Crippen molar-refractivity contribution < 1.29 is 4.74 Å². The summed E-state index contributed by atoms with van der Waals surface area (Å²) in [7, 11) is 0. The van der Waals surface area contributed by atoms with E-state index in [0.29, 0.717) is 6.10 Å². The molecule has 0 atom stereocenters. The number of nitrogen functional groups attached to an aromatic ring is 1. The lowest BCUT2D eigenvalue weighted by Gasteiger charge is -2.27. The van der Waals surface area contributed by atoms with Crippen LogP contribution in [0.1, 0.15) is 45.2 Å². The Morgan fingerprint density at radius 2 is 2.00 bits per heavy atom. The van der Waals surface area contributed by atoms with Crippen molar-refractivity contribution in [2.45, 2.75) is 52.1 Å². The first-order valence-corrected chi connectivity index (χ1v) is 8.02. The minimum Gasteiger partial charge on any atom is -0.490 e. The van der Waals surface area contributed by atoms with Crippen LogP contribution in [-0.2, 0) is 6.42 Å². The molecule has 3 heteroatoms. The largest absolute Gasteiger partial charge is 0.490 e. The van der Waals surface area contributed by atoms with E-state index in [4.69, 9.17) is 10.5 Å². The van der Waals surface area contributed by atoms with Crippen molar-refractivity contribution in [2.75, 3.05) is 5.73 Å². The minimum absolute atomic E-state index is 0.317. The Morgan fingerprint density at radius 3 is 2.71 bits per heavy atom. The zero-order valence-corrected chi connectivity index (χ0v) is 12.9. The number of ether oxygens (including phenoxy) is 1. The predicted molar refractivity (Wildman–Crippen MR) is 87.6 cm³/mol. The van der Waals surface area contributed by atoms with Crippen LogP contribution in [-0.4, -0.2) is 11.1 Å². The van der Waals surface area contributed by atoms with Gasteiger partial charge in [0, 0.05) is 11.4 Å². The van der Waals surface area contributed by atoms with Crippen LogP contribution in [0.15, 0.2) is 24.3 Å². The van der Waals surface area contributed by atoms with E-state index in [-0.39, 0.29) is 0 Å². The summed E-state index contributed by atoms with van der Waals surface area (Å²) in [4.78, 5) is 4.66. The average molecular weight is 284 g/mol. The Morgan fingerprint density at radius 1 is 1.24 bits per heavy atom. The fourth-order valence-corrected chi connectivity index (χ4v) is 3.15. The molecule has 1 saturated carbocycles. The number of anilines is 1. The molecule has 2 aromatic rings. The van der Waals surface area contributed by atoms with E-state index in [0.717, 1.165) is 53.2 Å². The molecule has 0 amide bonds. The van der Waals surface area contributed by atoms with Crippen LogP contribution in [0.4, 0.5) is 5.69 Å². The highest BCUT2D eigenvalue weighted by Crippen LogP contribution is 2.34. The van der Waals surface area contributed by atoms with Gasteiger partial charge in [0.25, 0.3) is 0 Å². The molecule has 3 nitrogen and oxygen atoms in total. The summed E-state index contributed by atoms with van der Waals surface area (Å²) in [5.74, 6) is 1.72. The van der Waals surface area contributed by atoms with E-state index < -0.39 is 0 Å². The second-order valence-electron chi connectivity index (χ2n) is 6.21. The van der Waals surface area contributed by atoms with Gasteiger partial charge in [0.1, 0.15) is 5.75 Å². The van der Waals surface area contributed by atoms with Gasteiger partial charge < -0.3 is 10.5 Å². The van der Waals surface area contributed by atoms with Gasteiger partial charge in [-0.3, -0.25) is 4.98 Å². The summed E-state index contributed by atoms with van der Waals surface area (Å²) in [5.41, 5.74) is 8.98. The maximum atomic E-state index is 6.25. The summed E-state index contributed by atoms with van der Waals surface area (Å²) < 4.78 is 6.25. The van der Waals surface area contributed by atoms with Gasteiger partial charge in [-0.25, -0.2) is 0 Å². The average Bonchev–Trinajstić information content (AvgIpc) is 2.49. The number of nitrogens with zero attached hydrogens (tertiary/aromatic N) is 1. The molecule has 3 rings (SSSR count). The van der Waals surface area contributed by atoms with Crippen LogP contribution in [0.3, 0.4) is 0 Å². The Hall–Kier alpha value is -1.77. The van der Waals surface area contributed by atoms with E-state index in [9.17, 15) is 0 Å². The van der Waals surface area contributed by atoms with Gasteiger partial charge in [-0.2, -0.15) is 0 Å². The number of aryl methyl sites for hydroxylation is 1. The molecule has 0 unspecified atom stereocenters. The van der Waals surface area contributed by atoms with Crippen LogP contribution in [0.2, 0.25) is 0 Å². The molecular weight excluding hydrogens is 260 g/mol. The van der Waals surface area contributed by atoms with Gasteiger partial charge in [0.05, 0.1) is 17.0 Å². The smallest absolute Gasteiger partial charge is 0.131 e. The van der Waals surface area contributed by atoms with Crippen molar-refractivity contribution in [3.63, 3.8) is 0 Å². The van der Waals surface area contributed by atoms with Gasteiger partial charge in [-0.15, -0.1) is 0 Å². The zero-order chi connectivity index (χ0) is 14.8. The van der Waals surface area contributed by atoms with Crippen molar-refractivity contribution >= 4 is 16.6 Å². The molecule has 1 heterocycles. The fraction of sp³-hybridized carbons (Fsp3) is 0.500. The molecule has 1 aliphatic carbocycles. The van der Waals surface area contributed by atoms with Crippen molar-refractivity contribution in [3.05, 3.63) is 30.0 Å². The normalized spacial score (nSPS) is 22.4. The lowest BCUT2D eigenvalue weighted by atomic mass is 9.89. The predicted octanol–water partition coefficient (Wildman–Crippen LogP) is 4.34. The monoisotopic (exact) mass is 284 g/mol. The van der Waals surface area contributed by atoms with E-state index >= 15 is 0 Å². The Labute approximate surface area is 126 Å². The first kappa shape index (κ1) is 14.2. The van der Waals surface area contributed by atoms with Crippen molar-refractivity contribution in [3.8, 4) is 5.75 Å². The van der Waals surface area contributed by atoms with Crippen molar-refractivity contribution in [1.29, 1.82) is 0 Å². The highest BCUT2D eigenvalue weighted by atomic mass is 16.5. The molecule has 0 spiro atoms. The number of hydrogen-bond donors (Lipinski definition) is 1. The quantitative estimate of drug-likeness (QED) is 0.912. The summed E-state index contributed by atoms with van der Waals surface area (Å²) in [6.07, 6.45) is 5.99. The Balaban J connectivity index is 1.91. The van der Waals surface area contributed by atoms with E-state index in [1.807, 2.05) is 24.3 Å². The van der Waals surface area contributed by atoms with Gasteiger partial charge in [-0.1, -0.05) is 19.9 Å². The van der Waals surface area contributed by atoms with Crippen LogP contribution < -0.4 is 10.5 Å². The van der Waals surface area contributed by atoms with Crippen LogP contribution in [0, 0.1) is 5.92 Å². The molecule has 0 saturated heterocycles. The van der Waals surface area contributed by atoms with E-state index in [1.165, 1.54) is 12.8 Å². The summed E-state index contributed by atoms with van der Waals surface area (Å²) >= 11 is 0. The van der Waals surface area contributed by atoms with E-state index in [1.54, 1.807) is 0 Å². The van der Waals surface area contributed by atoms with Gasteiger partial charge in [-0.05, 0) is 56.2 Å². The molecule has 2 N–H and O–H groups in total. The molecule has 1 aromatic carbocycles. The SMILES string of the molecule is CCc1cc(N)c2c(OC3CCC(C)CC3)cccc2n1. The summed E-state index contributed by atoms with van der Waals surface area (Å²) in [5, 5.41) is 0.966. The highest BCUT2D eigenvalue weighted by molar-refractivity contribution is 5.95. The second-order valence-corrected chi connectivity index (χ2v) is 6.21. The van der Waals surface area contributed by atoms with Gasteiger partial charge >= 0.3 is 0 Å². The van der Waals surface area contributed by atoms with Gasteiger partial charge in [0.15, 0.2) is 0 Å². The molecule has 1 aromatic heterocycles. The maximum Gasteiger partial charge on any atom is 0.131 e. The number of nitrogens with two attached hydrogens (primary N) is 1. The summed E-state index contributed by atoms with van der Waals surface area (Å²) in [6.45, 7) is 4.42. The number of fused-ring (bicyclic) bond motifs is 1. The standard InChI is InChI=1S/C18H24N2O/c1-3-13-11-15(19)18-16(20-13)5-4-6-17(18)21-14-9-7-12(2)8-10-14/h4-6,11-12,14H,3,7-10H2,1-2H3,(H2,19,20). The van der Waals surface area contributed by atoms with Crippen molar-refractivity contribution in [2.24, 2.45) is 5.92 Å². The fourth-order valence-electron chi connectivity index (χ4n) is 3.15. The molecule has 0 radical (unpaired) electrons. The molecular formula is C18H24N2O. The Kier molecular flexibility index (Phi) is 4.00. The molecule has 21 heavy (non-hydrogen) atoms. The third-order valence-corrected chi connectivity index (χ3v) is 4.50. The van der Waals surface area contributed by atoms with Crippen molar-refractivity contribution in [1.82, 2.24) is 4.98 Å². The molecule has 0 aliphatic heterocycles. The summed E-state index contributed by atoms with van der Waals surface area (Å²) in [6, 6.07) is 8.01. The number of pyridine rings is 1. The highest BCUT2D eigenvalue weighted by Gasteiger charge is 2.20. The third kappa shape index (κ3) is 2.97. The third-order valence-electron chi connectivity index (χ3n) is 4.50. The molecule has 0 bridgehead atoms. The number of aromatic nitrogens is 1. The maximum absolute atomic E-state index is 6.25. The minimum atomic E-state index is 0.317. The lowest BCUT2D eigenvalue weighted by molar-refractivity contribution is 0.137. The molecule has 1 aliphatic rings. The van der Waals surface area contributed by atoms with E-state index in [2.05, 4.69) is 18.8 Å². The first-order chi connectivity index (χ1) is 10.2. The topological polar surface area (TPSA) is 48.1 Å². The molecule has 112 valence electrons. The second kappa shape index (κ2) is 5.92. The Bertz CT molecular complexity index is 630. The number of rotatable bonds is 3. The zero-order valence-electron chi connectivity index (χ0n) is 12.9. The molecule has 1 fully saturated rings. The number of hydrogen-bond acceptors (Lipinski definition) is 3. The van der Waals surface area contributed by atoms with Crippen LogP contribution in [0.25, 0.3) is 10.9 Å².